The van der Waals surface area contributed by atoms with Gasteiger partial charge < -0.3 is 10.8 Å². The molecule has 0 amide bonds. The van der Waals surface area contributed by atoms with Crippen LogP contribution in [0.2, 0.25) is 0 Å². The first-order chi connectivity index (χ1) is 5.09. The molecule has 0 aliphatic rings. The Kier molecular flexibility index (Phi) is 4.86. The average molecular weight is 159 g/mol. The summed E-state index contributed by atoms with van der Waals surface area (Å²) in [6.45, 7) is 3.72. The van der Waals surface area contributed by atoms with Gasteiger partial charge in [-0.2, -0.15) is 0 Å². The van der Waals surface area contributed by atoms with Crippen molar-refractivity contribution in [2.45, 2.75) is 39.2 Å². The van der Waals surface area contributed by atoms with Gasteiger partial charge in [0.15, 0.2) is 0 Å². The van der Waals surface area contributed by atoms with E-state index in [1.54, 1.807) is 6.92 Å². The Bertz CT molecular complexity index is 125. The van der Waals surface area contributed by atoms with Crippen molar-refractivity contribution in [3.63, 3.8) is 0 Å². The molecule has 0 unspecified atom stereocenters. The summed E-state index contributed by atoms with van der Waals surface area (Å²) in [4.78, 5) is 10.4. The summed E-state index contributed by atoms with van der Waals surface area (Å²) in [6.07, 6.45) is 2.89. The van der Waals surface area contributed by atoms with Gasteiger partial charge in [-0.25, -0.2) is 0 Å². The van der Waals surface area contributed by atoms with E-state index in [2.05, 4.69) is 6.92 Å². The lowest BCUT2D eigenvalue weighted by molar-refractivity contribution is -0.141. The Morgan fingerprint density at radius 2 is 2.18 bits per heavy atom. The van der Waals surface area contributed by atoms with Crippen LogP contribution in [0.15, 0.2) is 0 Å². The molecule has 0 spiro atoms. The number of carboxylic acids is 1. The molecule has 0 aromatic heterocycles. The minimum absolute atomic E-state index is 0.188. The van der Waals surface area contributed by atoms with Crippen LogP contribution in [0.3, 0.4) is 0 Å². The van der Waals surface area contributed by atoms with Crippen LogP contribution in [0, 0.1) is 5.92 Å². The van der Waals surface area contributed by atoms with Crippen LogP contribution in [-0.4, -0.2) is 17.1 Å². The standard InChI is InChI=1S/C8H17NO2/c1-3-4-5-7(9)6(2)8(10)11/h6-7H,3-5,9H2,1-2H3,(H,10,11)/t6-,7-/m0/s1. The van der Waals surface area contributed by atoms with Gasteiger partial charge in [0.05, 0.1) is 5.92 Å². The number of carbonyl (C=O) groups is 1. The number of hydrogen-bond acceptors (Lipinski definition) is 2. The summed E-state index contributed by atoms with van der Waals surface area (Å²) < 4.78 is 0. The number of rotatable bonds is 5. The van der Waals surface area contributed by atoms with Crippen LogP contribution < -0.4 is 5.73 Å². The third kappa shape index (κ3) is 3.98. The number of hydrogen-bond donors (Lipinski definition) is 2. The van der Waals surface area contributed by atoms with Crippen LogP contribution in [-0.2, 0) is 4.79 Å². The SMILES string of the molecule is CCCC[C@H](N)[C@H](C)C(=O)O. The van der Waals surface area contributed by atoms with Gasteiger partial charge in [0.1, 0.15) is 0 Å². The van der Waals surface area contributed by atoms with Crippen LogP contribution in [0.4, 0.5) is 0 Å². The summed E-state index contributed by atoms with van der Waals surface area (Å²) in [5.41, 5.74) is 5.62. The van der Waals surface area contributed by atoms with Crippen molar-refractivity contribution in [3.05, 3.63) is 0 Å². The predicted molar refractivity (Wildman–Crippen MR) is 44.3 cm³/mol. The van der Waals surface area contributed by atoms with Crippen LogP contribution >= 0.6 is 0 Å². The number of carboxylic acid groups (broad SMARTS) is 1. The zero-order chi connectivity index (χ0) is 8.85. The maximum Gasteiger partial charge on any atom is 0.307 e. The first kappa shape index (κ1) is 10.4. The number of aliphatic carboxylic acids is 1. The molecule has 0 aliphatic carbocycles. The molecule has 0 saturated heterocycles. The molecule has 0 aliphatic heterocycles. The third-order valence-electron chi connectivity index (χ3n) is 1.92. The molecule has 0 fully saturated rings. The maximum absolute atomic E-state index is 10.4. The van der Waals surface area contributed by atoms with Crippen molar-refractivity contribution in [1.29, 1.82) is 0 Å². The second-order valence-corrected chi connectivity index (χ2v) is 2.93. The Morgan fingerprint density at radius 1 is 1.64 bits per heavy atom. The molecule has 0 heterocycles. The molecule has 0 bridgehead atoms. The molecule has 0 aromatic carbocycles. The van der Waals surface area contributed by atoms with Crippen molar-refractivity contribution < 1.29 is 9.90 Å². The van der Waals surface area contributed by atoms with Crippen molar-refractivity contribution in [1.82, 2.24) is 0 Å². The van der Waals surface area contributed by atoms with Crippen molar-refractivity contribution in [2.75, 3.05) is 0 Å². The Labute approximate surface area is 67.6 Å². The topological polar surface area (TPSA) is 63.3 Å². The summed E-state index contributed by atoms with van der Waals surface area (Å²) in [5.74, 6) is -1.21. The van der Waals surface area contributed by atoms with Crippen molar-refractivity contribution in [3.8, 4) is 0 Å². The van der Waals surface area contributed by atoms with E-state index < -0.39 is 11.9 Å². The molecule has 0 saturated carbocycles. The molecular formula is C8H17NO2. The summed E-state index contributed by atoms with van der Waals surface area (Å²) in [5, 5.41) is 8.57. The molecule has 3 heteroatoms. The Balaban J connectivity index is 3.63. The van der Waals surface area contributed by atoms with Crippen molar-refractivity contribution in [2.24, 2.45) is 11.7 Å². The van der Waals surface area contributed by atoms with Gasteiger partial charge in [0.25, 0.3) is 0 Å². The van der Waals surface area contributed by atoms with E-state index in [1.165, 1.54) is 0 Å². The van der Waals surface area contributed by atoms with E-state index >= 15 is 0 Å². The number of nitrogens with two attached hydrogens (primary N) is 1. The van der Waals surface area contributed by atoms with Crippen LogP contribution in [0.1, 0.15) is 33.1 Å². The molecule has 3 nitrogen and oxygen atoms in total. The second kappa shape index (κ2) is 5.13. The summed E-state index contributed by atoms with van der Waals surface area (Å²) in [7, 11) is 0. The quantitative estimate of drug-likeness (QED) is 0.634. The van der Waals surface area contributed by atoms with E-state index in [-0.39, 0.29) is 6.04 Å². The van der Waals surface area contributed by atoms with Crippen LogP contribution in [0.25, 0.3) is 0 Å². The molecule has 11 heavy (non-hydrogen) atoms. The Morgan fingerprint density at radius 3 is 2.55 bits per heavy atom. The van der Waals surface area contributed by atoms with Gasteiger partial charge in [-0.1, -0.05) is 26.7 Å². The van der Waals surface area contributed by atoms with Gasteiger partial charge in [0, 0.05) is 6.04 Å². The lowest BCUT2D eigenvalue weighted by Crippen LogP contribution is -2.33. The van der Waals surface area contributed by atoms with Crippen molar-refractivity contribution >= 4 is 5.97 Å². The van der Waals surface area contributed by atoms with Crippen LogP contribution in [0.5, 0.6) is 0 Å². The highest BCUT2D eigenvalue weighted by molar-refractivity contribution is 5.70. The molecule has 0 rings (SSSR count). The maximum atomic E-state index is 10.4. The summed E-state index contributed by atoms with van der Waals surface area (Å²) in [6, 6.07) is -0.188. The van der Waals surface area contributed by atoms with Gasteiger partial charge >= 0.3 is 5.97 Å². The van der Waals surface area contributed by atoms with E-state index in [0.717, 1.165) is 19.3 Å². The smallest absolute Gasteiger partial charge is 0.307 e. The minimum atomic E-state index is -0.798. The summed E-state index contributed by atoms with van der Waals surface area (Å²) >= 11 is 0. The normalized spacial score (nSPS) is 15.9. The van der Waals surface area contributed by atoms with Gasteiger partial charge in [0.2, 0.25) is 0 Å². The fourth-order valence-corrected chi connectivity index (χ4v) is 0.873. The average Bonchev–Trinajstić information content (AvgIpc) is 1.98. The van der Waals surface area contributed by atoms with E-state index in [0.29, 0.717) is 0 Å². The lowest BCUT2D eigenvalue weighted by Gasteiger charge is -2.14. The molecule has 0 radical (unpaired) electrons. The first-order valence-electron chi connectivity index (χ1n) is 4.08. The molecule has 0 aromatic rings. The first-order valence-corrected chi connectivity index (χ1v) is 4.08. The fourth-order valence-electron chi connectivity index (χ4n) is 0.873. The highest BCUT2D eigenvalue weighted by Gasteiger charge is 2.18. The van der Waals surface area contributed by atoms with Gasteiger partial charge in [-0.15, -0.1) is 0 Å². The minimum Gasteiger partial charge on any atom is -0.481 e. The molecule has 2 atom stereocenters. The highest BCUT2D eigenvalue weighted by Crippen LogP contribution is 2.07. The predicted octanol–water partition coefficient (Wildman–Crippen LogP) is 1.22. The molecule has 66 valence electrons. The van der Waals surface area contributed by atoms with E-state index in [1.807, 2.05) is 0 Å². The van der Waals surface area contributed by atoms with Gasteiger partial charge in [-0.05, 0) is 6.42 Å². The monoisotopic (exact) mass is 159 g/mol. The Hall–Kier alpha value is -0.570. The lowest BCUT2D eigenvalue weighted by atomic mass is 9.98. The molecular weight excluding hydrogens is 142 g/mol. The zero-order valence-electron chi connectivity index (χ0n) is 7.21. The zero-order valence-corrected chi connectivity index (χ0v) is 7.21. The van der Waals surface area contributed by atoms with E-state index in [9.17, 15) is 4.79 Å². The second-order valence-electron chi connectivity index (χ2n) is 2.93. The largest absolute Gasteiger partial charge is 0.481 e. The highest BCUT2D eigenvalue weighted by atomic mass is 16.4. The third-order valence-corrected chi connectivity index (χ3v) is 1.92. The molecule has 3 N–H and O–H groups in total. The number of unbranched alkanes of at least 4 members (excludes halogenated alkanes) is 1. The van der Waals surface area contributed by atoms with Gasteiger partial charge in [-0.3, -0.25) is 4.79 Å². The van der Waals surface area contributed by atoms with E-state index in [4.69, 9.17) is 10.8 Å². The fraction of sp³-hybridized carbons (Fsp3) is 0.875.